The molecule has 1 unspecified atom stereocenters. The molecular weight excluding hydrogens is 254 g/mol. The van der Waals surface area contributed by atoms with Crippen molar-refractivity contribution in [2.75, 3.05) is 12.8 Å². The van der Waals surface area contributed by atoms with Crippen LogP contribution in [0.15, 0.2) is 17.3 Å². The Morgan fingerprint density at radius 3 is 2.89 bits per heavy atom. The summed E-state index contributed by atoms with van der Waals surface area (Å²) < 4.78 is 24.1. The van der Waals surface area contributed by atoms with Crippen LogP contribution in [-0.2, 0) is 16.4 Å². The second-order valence-corrected chi connectivity index (χ2v) is 6.85. The average Bonchev–Trinajstić information content (AvgIpc) is 2.98. The Bertz CT molecular complexity index is 493. The van der Waals surface area contributed by atoms with Crippen LogP contribution in [0.5, 0.6) is 0 Å². The largest absolute Gasteiger partial charge is 0.392 e. The van der Waals surface area contributed by atoms with Gasteiger partial charge in [-0.2, -0.15) is 5.10 Å². The second kappa shape index (κ2) is 5.38. The normalized spacial score (nSPS) is 17.9. The van der Waals surface area contributed by atoms with Crippen LogP contribution >= 0.6 is 0 Å². The minimum atomic E-state index is -3.19. The number of hydrogen-bond donors (Lipinski definition) is 2. The third kappa shape index (κ3) is 4.08. The van der Waals surface area contributed by atoms with E-state index in [4.69, 9.17) is 0 Å². The van der Waals surface area contributed by atoms with Crippen LogP contribution in [0.1, 0.15) is 19.3 Å². The third-order valence-electron chi connectivity index (χ3n) is 2.95. The highest BCUT2D eigenvalue weighted by atomic mass is 32.2. The summed E-state index contributed by atoms with van der Waals surface area (Å²) >= 11 is 0. The van der Waals surface area contributed by atoms with Gasteiger partial charge in [-0.15, -0.1) is 0 Å². The fourth-order valence-corrected chi connectivity index (χ4v) is 2.18. The van der Waals surface area contributed by atoms with Crippen LogP contribution in [0, 0.1) is 0 Å². The number of rotatable bonds is 7. The molecule has 1 aliphatic rings. The maximum absolute atomic E-state index is 11.3. The number of sulfone groups is 1. The molecule has 0 aliphatic heterocycles. The van der Waals surface area contributed by atoms with E-state index < -0.39 is 15.9 Å². The summed E-state index contributed by atoms with van der Waals surface area (Å²) in [5.74, 6) is 0. The van der Waals surface area contributed by atoms with E-state index in [2.05, 4.69) is 10.4 Å². The van der Waals surface area contributed by atoms with E-state index in [1.165, 1.54) is 25.2 Å². The SMILES string of the molecule is CS(=O)(=O)c1cnn(CCC(O)CNC2CC2)c1. The van der Waals surface area contributed by atoms with Gasteiger partial charge in [-0.05, 0) is 19.3 Å². The zero-order valence-corrected chi connectivity index (χ0v) is 11.2. The van der Waals surface area contributed by atoms with Gasteiger partial charge in [-0.1, -0.05) is 0 Å². The number of nitrogens with one attached hydrogen (secondary N) is 1. The topological polar surface area (TPSA) is 84.2 Å². The van der Waals surface area contributed by atoms with E-state index in [0.29, 0.717) is 25.6 Å². The first-order valence-electron chi connectivity index (χ1n) is 6.09. The van der Waals surface area contributed by atoms with E-state index >= 15 is 0 Å². The predicted molar refractivity (Wildman–Crippen MR) is 67.0 cm³/mol. The summed E-state index contributed by atoms with van der Waals surface area (Å²) in [5, 5.41) is 16.9. The van der Waals surface area contributed by atoms with E-state index in [1.54, 1.807) is 4.68 Å². The van der Waals surface area contributed by atoms with Gasteiger partial charge in [0.25, 0.3) is 0 Å². The lowest BCUT2D eigenvalue weighted by Crippen LogP contribution is -2.29. The average molecular weight is 273 g/mol. The summed E-state index contributed by atoms with van der Waals surface area (Å²) in [6.07, 6.45) is 6.53. The molecule has 1 fully saturated rings. The second-order valence-electron chi connectivity index (χ2n) is 4.84. The first-order chi connectivity index (χ1) is 8.45. The lowest BCUT2D eigenvalue weighted by molar-refractivity contribution is 0.154. The number of aliphatic hydroxyl groups is 1. The Labute approximate surface area is 107 Å². The Kier molecular flexibility index (Phi) is 4.04. The Balaban J connectivity index is 1.76. The number of hydrogen-bond acceptors (Lipinski definition) is 5. The van der Waals surface area contributed by atoms with Crippen LogP contribution in [0.2, 0.25) is 0 Å². The van der Waals surface area contributed by atoms with Crippen molar-refractivity contribution in [3.63, 3.8) is 0 Å². The molecule has 0 spiro atoms. The lowest BCUT2D eigenvalue weighted by atomic mass is 10.2. The molecule has 0 radical (unpaired) electrons. The van der Waals surface area contributed by atoms with Crippen LogP contribution in [0.4, 0.5) is 0 Å². The van der Waals surface area contributed by atoms with Gasteiger partial charge in [0, 0.05) is 31.6 Å². The molecule has 0 bridgehead atoms. The standard InChI is InChI=1S/C11H19N3O3S/c1-18(16,17)11-7-13-14(8-11)5-4-10(15)6-12-9-2-3-9/h7-10,12,15H,2-6H2,1H3. The fraction of sp³-hybridized carbons (Fsp3) is 0.727. The van der Waals surface area contributed by atoms with Crippen molar-refractivity contribution in [1.82, 2.24) is 15.1 Å². The molecule has 102 valence electrons. The van der Waals surface area contributed by atoms with Crippen molar-refractivity contribution in [1.29, 1.82) is 0 Å². The lowest BCUT2D eigenvalue weighted by Gasteiger charge is -2.11. The molecule has 0 amide bonds. The molecule has 1 aliphatic carbocycles. The van der Waals surface area contributed by atoms with Crippen molar-refractivity contribution in [2.45, 2.75) is 42.8 Å². The Morgan fingerprint density at radius 2 is 2.33 bits per heavy atom. The molecule has 2 N–H and O–H groups in total. The van der Waals surface area contributed by atoms with Gasteiger partial charge in [0.15, 0.2) is 9.84 Å². The molecule has 1 aromatic heterocycles. The number of aromatic nitrogens is 2. The van der Waals surface area contributed by atoms with E-state index in [0.717, 1.165) is 6.26 Å². The molecule has 7 heteroatoms. The Hall–Kier alpha value is -0.920. The van der Waals surface area contributed by atoms with Gasteiger partial charge in [0.1, 0.15) is 4.90 Å². The minimum absolute atomic E-state index is 0.216. The molecule has 0 aromatic carbocycles. The predicted octanol–water partition coefficient (Wildman–Crippen LogP) is -0.210. The van der Waals surface area contributed by atoms with Gasteiger partial charge < -0.3 is 10.4 Å². The monoisotopic (exact) mass is 273 g/mol. The molecule has 6 nitrogen and oxygen atoms in total. The molecule has 2 rings (SSSR count). The van der Waals surface area contributed by atoms with Crippen LogP contribution in [0.3, 0.4) is 0 Å². The highest BCUT2D eigenvalue weighted by Gasteiger charge is 2.21. The molecule has 1 atom stereocenters. The summed E-state index contributed by atoms with van der Waals surface area (Å²) in [6.45, 7) is 1.11. The molecule has 1 heterocycles. The highest BCUT2D eigenvalue weighted by Crippen LogP contribution is 2.18. The van der Waals surface area contributed by atoms with E-state index in [1.807, 2.05) is 0 Å². The Morgan fingerprint density at radius 1 is 1.61 bits per heavy atom. The van der Waals surface area contributed by atoms with Gasteiger partial charge in [0.2, 0.25) is 0 Å². The molecule has 18 heavy (non-hydrogen) atoms. The van der Waals surface area contributed by atoms with Crippen molar-refractivity contribution in [3.05, 3.63) is 12.4 Å². The molecule has 1 saturated carbocycles. The highest BCUT2D eigenvalue weighted by molar-refractivity contribution is 7.90. The van der Waals surface area contributed by atoms with Gasteiger partial charge in [0.05, 0.1) is 12.3 Å². The van der Waals surface area contributed by atoms with Crippen LogP contribution in [0.25, 0.3) is 0 Å². The third-order valence-corrected chi connectivity index (χ3v) is 4.02. The maximum Gasteiger partial charge on any atom is 0.178 e. The van der Waals surface area contributed by atoms with Crippen LogP contribution < -0.4 is 5.32 Å². The number of nitrogens with zero attached hydrogens (tertiary/aromatic N) is 2. The van der Waals surface area contributed by atoms with Crippen molar-refractivity contribution in [3.8, 4) is 0 Å². The molecule has 0 saturated heterocycles. The van der Waals surface area contributed by atoms with Gasteiger partial charge in [-0.25, -0.2) is 8.42 Å². The number of aliphatic hydroxyl groups excluding tert-OH is 1. The van der Waals surface area contributed by atoms with E-state index in [-0.39, 0.29) is 4.90 Å². The smallest absolute Gasteiger partial charge is 0.178 e. The number of aryl methyl sites for hydroxylation is 1. The van der Waals surface area contributed by atoms with Crippen molar-refractivity contribution < 1.29 is 13.5 Å². The van der Waals surface area contributed by atoms with E-state index in [9.17, 15) is 13.5 Å². The maximum atomic E-state index is 11.3. The minimum Gasteiger partial charge on any atom is -0.392 e. The van der Waals surface area contributed by atoms with Gasteiger partial charge in [-0.3, -0.25) is 4.68 Å². The summed E-state index contributed by atoms with van der Waals surface area (Å²) in [6, 6.07) is 0.584. The fourth-order valence-electron chi connectivity index (χ4n) is 1.63. The first kappa shape index (κ1) is 13.5. The van der Waals surface area contributed by atoms with Crippen molar-refractivity contribution in [2.24, 2.45) is 0 Å². The summed E-state index contributed by atoms with van der Waals surface area (Å²) in [7, 11) is -3.19. The quantitative estimate of drug-likeness (QED) is 0.718. The van der Waals surface area contributed by atoms with Crippen LogP contribution in [-0.4, -0.2) is 48.3 Å². The zero-order valence-electron chi connectivity index (χ0n) is 10.4. The van der Waals surface area contributed by atoms with Crippen molar-refractivity contribution >= 4 is 9.84 Å². The molecule has 1 aromatic rings. The zero-order chi connectivity index (χ0) is 13.2. The summed E-state index contributed by atoms with van der Waals surface area (Å²) in [5.41, 5.74) is 0. The summed E-state index contributed by atoms with van der Waals surface area (Å²) in [4.78, 5) is 0.216. The molecular formula is C11H19N3O3S. The first-order valence-corrected chi connectivity index (χ1v) is 7.98. The van der Waals surface area contributed by atoms with Gasteiger partial charge >= 0.3 is 0 Å².